The van der Waals surface area contributed by atoms with Gasteiger partial charge >= 0.3 is 18.1 Å². The number of rotatable bonds is 1. The van der Waals surface area contributed by atoms with Crippen molar-refractivity contribution in [2.24, 2.45) is 5.92 Å². The Morgan fingerprint density at radius 2 is 1.33 bits per heavy atom. The Labute approximate surface area is 142 Å². The van der Waals surface area contributed by atoms with Gasteiger partial charge in [0.2, 0.25) is 0 Å². The highest BCUT2D eigenvalue weighted by Crippen LogP contribution is 2.19. The van der Waals surface area contributed by atoms with Crippen molar-refractivity contribution in [3.8, 4) is 0 Å². The van der Waals surface area contributed by atoms with Crippen LogP contribution in [0.15, 0.2) is 0 Å². The van der Waals surface area contributed by atoms with Gasteiger partial charge in [0.25, 0.3) is 0 Å². The van der Waals surface area contributed by atoms with Gasteiger partial charge in [-0.2, -0.15) is 0 Å². The molecule has 2 fully saturated rings. The molecule has 0 bridgehead atoms. The van der Waals surface area contributed by atoms with Crippen LogP contribution in [-0.4, -0.2) is 82.8 Å². The van der Waals surface area contributed by atoms with E-state index in [-0.39, 0.29) is 18.0 Å². The monoisotopic (exact) mass is 341 g/mol. The molecule has 0 spiro atoms. The largest absolute Gasteiger partial charge is 0.481 e. The normalized spacial score (nSPS) is 20.0. The number of piperidine rings is 1. The summed E-state index contributed by atoms with van der Waals surface area (Å²) in [5.74, 6) is -1.13. The molecule has 0 aromatic carbocycles. The van der Waals surface area contributed by atoms with Gasteiger partial charge in [-0.25, -0.2) is 9.59 Å². The molecule has 136 valence electrons. The first-order chi connectivity index (χ1) is 11.2. The zero-order chi connectivity index (χ0) is 17.9. The van der Waals surface area contributed by atoms with Crippen LogP contribution in [0.25, 0.3) is 0 Å². The van der Waals surface area contributed by atoms with Crippen molar-refractivity contribution in [2.75, 3.05) is 39.3 Å². The molecule has 1 N–H and O–H groups in total. The predicted molar refractivity (Wildman–Crippen MR) is 86.7 cm³/mol. The molecule has 0 atom stereocenters. The molecule has 0 aromatic heterocycles. The third kappa shape index (κ3) is 4.75. The van der Waals surface area contributed by atoms with Crippen LogP contribution in [-0.2, 0) is 9.53 Å². The van der Waals surface area contributed by atoms with Gasteiger partial charge in [0, 0.05) is 39.3 Å². The molecule has 2 aliphatic rings. The standard InChI is InChI=1S/C16H27N3O5/c1-16(2,3)24-15(23)19-10-8-18(9-11-19)14(22)17-6-4-12(5-7-17)13(20)21/h12H,4-11H2,1-3H3,(H,20,21). The number of aliphatic carboxylic acids is 1. The number of carboxylic acid groups (broad SMARTS) is 1. The number of carbonyl (C=O) groups excluding carboxylic acids is 2. The summed E-state index contributed by atoms with van der Waals surface area (Å²) in [6, 6.07) is -0.0670. The van der Waals surface area contributed by atoms with Crippen LogP contribution in [0.4, 0.5) is 9.59 Å². The quantitative estimate of drug-likeness (QED) is 0.780. The molecule has 2 heterocycles. The second-order valence-corrected chi connectivity index (χ2v) is 7.34. The lowest BCUT2D eigenvalue weighted by atomic mass is 9.97. The first kappa shape index (κ1) is 18.4. The fraction of sp³-hybridized carbons (Fsp3) is 0.812. The van der Waals surface area contributed by atoms with Crippen molar-refractivity contribution < 1.29 is 24.2 Å². The van der Waals surface area contributed by atoms with Crippen molar-refractivity contribution >= 4 is 18.1 Å². The van der Waals surface area contributed by atoms with Crippen LogP contribution in [0.5, 0.6) is 0 Å². The number of likely N-dealkylation sites (tertiary alicyclic amines) is 1. The number of amides is 3. The van der Waals surface area contributed by atoms with Gasteiger partial charge in [0.1, 0.15) is 5.60 Å². The highest BCUT2D eigenvalue weighted by Gasteiger charge is 2.32. The maximum absolute atomic E-state index is 12.5. The summed E-state index contributed by atoms with van der Waals surface area (Å²) in [5.41, 5.74) is -0.529. The third-order valence-corrected chi connectivity index (χ3v) is 4.32. The van der Waals surface area contributed by atoms with Crippen molar-refractivity contribution in [2.45, 2.75) is 39.2 Å². The topological polar surface area (TPSA) is 90.4 Å². The van der Waals surface area contributed by atoms with Crippen molar-refractivity contribution in [3.63, 3.8) is 0 Å². The summed E-state index contributed by atoms with van der Waals surface area (Å²) in [4.78, 5) is 40.6. The molecule has 0 saturated carbocycles. The van der Waals surface area contributed by atoms with Crippen LogP contribution in [0.2, 0.25) is 0 Å². The van der Waals surface area contributed by atoms with Crippen molar-refractivity contribution in [1.82, 2.24) is 14.7 Å². The van der Waals surface area contributed by atoms with E-state index < -0.39 is 11.6 Å². The van der Waals surface area contributed by atoms with Crippen LogP contribution in [0.1, 0.15) is 33.6 Å². The molecule has 0 aromatic rings. The summed E-state index contributed by atoms with van der Waals surface area (Å²) in [7, 11) is 0. The fourth-order valence-electron chi connectivity index (χ4n) is 2.92. The molecule has 8 heteroatoms. The average molecular weight is 341 g/mol. The van der Waals surface area contributed by atoms with E-state index in [2.05, 4.69) is 0 Å². The summed E-state index contributed by atoms with van der Waals surface area (Å²) < 4.78 is 5.34. The number of carboxylic acids is 1. The number of ether oxygens (including phenoxy) is 1. The molecule has 0 aliphatic carbocycles. The van der Waals surface area contributed by atoms with E-state index in [4.69, 9.17) is 9.84 Å². The zero-order valence-electron chi connectivity index (χ0n) is 14.7. The highest BCUT2D eigenvalue weighted by atomic mass is 16.6. The predicted octanol–water partition coefficient (Wildman–Crippen LogP) is 1.46. The van der Waals surface area contributed by atoms with E-state index in [1.807, 2.05) is 20.8 Å². The van der Waals surface area contributed by atoms with Crippen LogP contribution < -0.4 is 0 Å². The second-order valence-electron chi connectivity index (χ2n) is 7.34. The average Bonchev–Trinajstić information content (AvgIpc) is 2.53. The molecule has 2 aliphatic heterocycles. The van der Waals surface area contributed by atoms with Crippen LogP contribution in [0.3, 0.4) is 0 Å². The lowest BCUT2D eigenvalue weighted by Crippen LogP contribution is -2.55. The number of urea groups is 1. The summed E-state index contributed by atoms with van der Waals surface area (Å²) in [6.07, 6.45) is 0.648. The summed E-state index contributed by atoms with van der Waals surface area (Å²) in [5, 5.41) is 9.01. The van der Waals surface area contributed by atoms with Gasteiger partial charge in [0.15, 0.2) is 0 Å². The molecule has 2 rings (SSSR count). The van der Waals surface area contributed by atoms with Gasteiger partial charge in [0.05, 0.1) is 5.92 Å². The van der Waals surface area contributed by atoms with Gasteiger partial charge in [-0.05, 0) is 33.6 Å². The number of piperazine rings is 1. The van der Waals surface area contributed by atoms with E-state index in [0.717, 1.165) is 0 Å². The fourth-order valence-corrected chi connectivity index (χ4v) is 2.92. The minimum Gasteiger partial charge on any atom is -0.481 e. The molecule has 0 radical (unpaired) electrons. The smallest absolute Gasteiger partial charge is 0.410 e. The summed E-state index contributed by atoms with van der Waals surface area (Å²) >= 11 is 0. The SMILES string of the molecule is CC(C)(C)OC(=O)N1CCN(C(=O)N2CCC(C(=O)O)CC2)CC1. The Morgan fingerprint density at radius 1 is 0.875 bits per heavy atom. The summed E-state index contributed by atoms with van der Waals surface area (Å²) in [6.45, 7) is 8.26. The van der Waals surface area contributed by atoms with Crippen molar-refractivity contribution in [1.29, 1.82) is 0 Å². The Hall–Kier alpha value is -1.99. The minimum absolute atomic E-state index is 0.0670. The van der Waals surface area contributed by atoms with E-state index in [9.17, 15) is 14.4 Å². The number of hydrogen-bond acceptors (Lipinski definition) is 4. The number of carbonyl (C=O) groups is 3. The lowest BCUT2D eigenvalue weighted by Gasteiger charge is -2.39. The number of nitrogens with zero attached hydrogens (tertiary/aromatic N) is 3. The van der Waals surface area contributed by atoms with Gasteiger partial charge < -0.3 is 24.5 Å². The van der Waals surface area contributed by atoms with E-state index >= 15 is 0 Å². The van der Waals surface area contributed by atoms with Crippen LogP contribution >= 0.6 is 0 Å². The van der Waals surface area contributed by atoms with E-state index in [1.165, 1.54) is 0 Å². The third-order valence-electron chi connectivity index (χ3n) is 4.32. The van der Waals surface area contributed by atoms with Crippen molar-refractivity contribution in [3.05, 3.63) is 0 Å². The second kappa shape index (κ2) is 7.27. The van der Waals surface area contributed by atoms with Crippen LogP contribution in [0, 0.1) is 5.92 Å². The van der Waals surface area contributed by atoms with Gasteiger partial charge in [-0.1, -0.05) is 0 Å². The molecular weight excluding hydrogens is 314 g/mol. The number of hydrogen-bond donors (Lipinski definition) is 1. The molecule has 8 nitrogen and oxygen atoms in total. The molecule has 2 saturated heterocycles. The Morgan fingerprint density at radius 3 is 1.79 bits per heavy atom. The lowest BCUT2D eigenvalue weighted by molar-refractivity contribution is -0.143. The molecular formula is C16H27N3O5. The van der Waals surface area contributed by atoms with Gasteiger partial charge in [-0.15, -0.1) is 0 Å². The maximum Gasteiger partial charge on any atom is 0.410 e. The molecule has 24 heavy (non-hydrogen) atoms. The van der Waals surface area contributed by atoms with Gasteiger partial charge in [-0.3, -0.25) is 4.79 Å². The Bertz CT molecular complexity index is 486. The van der Waals surface area contributed by atoms with E-state index in [0.29, 0.717) is 52.1 Å². The zero-order valence-corrected chi connectivity index (χ0v) is 14.7. The Balaban J connectivity index is 1.79. The Kier molecular flexibility index (Phi) is 5.56. The highest BCUT2D eigenvalue weighted by molar-refractivity contribution is 5.76. The molecule has 0 unspecified atom stereocenters. The maximum atomic E-state index is 12.5. The first-order valence-corrected chi connectivity index (χ1v) is 8.42. The van der Waals surface area contributed by atoms with E-state index in [1.54, 1.807) is 14.7 Å². The minimum atomic E-state index is -0.784. The molecule has 3 amide bonds. The first-order valence-electron chi connectivity index (χ1n) is 8.42.